The van der Waals surface area contributed by atoms with Crippen LogP contribution in [0.1, 0.15) is 12.5 Å². The van der Waals surface area contributed by atoms with E-state index in [1.165, 1.54) is 11.9 Å². The van der Waals surface area contributed by atoms with Crippen molar-refractivity contribution in [3.05, 3.63) is 61.6 Å². The van der Waals surface area contributed by atoms with E-state index in [2.05, 4.69) is 27.9 Å². The van der Waals surface area contributed by atoms with Crippen molar-refractivity contribution in [1.29, 1.82) is 0 Å². The van der Waals surface area contributed by atoms with Gasteiger partial charge in [-0.3, -0.25) is 9.59 Å². The minimum atomic E-state index is -0.713. The van der Waals surface area contributed by atoms with Gasteiger partial charge in [0.15, 0.2) is 6.61 Å². The monoisotopic (exact) mass is 520 g/mol. The summed E-state index contributed by atoms with van der Waals surface area (Å²) in [5, 5.41) is 3.42. The second-order valence-corrected chi connectivity index (χ2v) is 7.81. The molecule has 5 nitrogen and oxygen atoms in total. The third-order valence-electron chi connectivity index (χ3n) is 3.98. The molecule has 0 saturated carbocycles. The van der Waals surface area contributed by atoms with Gasteiger partial charge in [0.25, 0.3) is 5.91 Å². The minimum Gasteiger partial charge on any atom is -0.484 e. The van der Waals surface area contributed by atoms with Crippen LogP contribution in [0, 0.1) is 3.57 Å². The molecule has 2 amide bonds. The number of amides is 2. The number of nitrogens with zero attached hydrogens (tertiary/aromatic N) is 1. The first-order chi connectivity index (χ1) is 12.8. The van der Waals surface area contributed by atoms with Crippen LogP contribution in [0.4, 0.5) is 0 Å². The Balaban J connectivity index is 2.19. The summed E-state index contributed by atoms with van der Waals surface area (Å²) < 4.78 is 6.64. The Bertz CT molecular complexity index is 795. The molecular weight excluding hydrogens is 502 g/mol. The van der Waals surface area contributed by atoms with Gasteiger partial charge in [0.2, 0.25) is 5.91 Å². The van der Waals surface area contributed by atoms with E-state index in [9.17, 15) is 9.59 Å². The average Bonchev–Trinajstić information content (AvgIpc) is 2.66. The van der Waals surface area contributed by atoms with E-state index in [-0.39, 0.29) is 25.0 Å². The van der Waals surface area contributed by atoms with Gasteiger partial charge in [0.1, 0.15) is 11.8 Å². The molecule has 1 atom stereocenters. The highest BCUT2D eigenvalue weighted by Crippen LogP contribution is 2.26. The van der Waals surface area contributed by atoms with Gasteiger partial charge in [-0.2, -0.15) is 0 Å². The summed E-state index contributed by atoms with van der Waals surface area (Å²) in [5.41, 5.74) is 0.583. The molecule has 2 aromatic carbocycles. The Hall–Kier alpha value is -1.51. The largest absolute Gasteiger partial charge is 0.484 e. The van der Waals surface area contributed by atoms with Crippen molar-refractivity contribution < 1.29 is 14.3 Å². The fourth-order valence-corrected chi connectivity index (χ4v) is 3.28. The van der Waals surface area contributed by atoms with Gasteiger partial charge < -0.3 is 15.0 Å². The summed E-state index contributed by atoms with van der Waals surface area (Å²) >= 11 is 14.6. The average molecular weight is 521 g/mol. The number of likely N-dealkylation sites (N-methyl/N-ethyl adjacent to an activating group) is 1. The maximum absolute atomic E-state index is 12.8. The molecule has 0 unspecified atom stereocenters. The topological polar surface area (TPSA) is 58.6 Å². The number of ether oxygens (including phenoxy) is 1. The molecule has 0 aliphatic rings. The zero-order chi connectivity index (χ0) is 20.0. The summed E-state index contributed by atoms with van der Waals surface area (Å²) in [6, 6.07) is 11.7. The zero-order valence-corrected chi connectivity index (χ0v) is 18.5. The predicted molar refractivity (Wildman–Crippen MR) is 115 cm³/mol. The summed E-state index contributed by atoms with van der Waals surface area (Å²) in [6.45, 7) is 1.54. The fourth-order valence-electron chi connectivity index (χ4n) is 2.40. The number of nitrogens with one attached hydrogen (secondary N) is 1. The number of benzene rings is 2. The Morgan fingerprint density at radius 2 is 1.74 bits per heavy atom. The van der Waals surface area contributed by atoms with Gasteiger partial charge in [-0.15, -0.1) is 0 Å². The van der Waals surface area contributed by atoms with E-state index >= 15 is 0 Å². The van der Waals surface area contributed by atoms with Crippen molar-refractivity contribution >= 4 is 57.6 Å². The molecule has 8 heteroatoms. The van der Waals surface area contributed by atoms with E-state index < -0.39 is 6.04 Å². The van der Waals surface area contributed by atoms with Gasteiger partial charge in [-0.1, -0.05) is 29.3 Å². The van der Waals surface area contributed by atoms with Crippen LogP contribution < -0.4 is 10.1 Å². The second-order valence-electron chi connectivity index (χ2n) is 5.75. The molecule has 144 valence electrons. The van der Waals surface area contributed by atoms with Gasteiger partial charge in [0, 0.05) is 32.8 Å². The van der Waals surface area contributed by atoms with Gasteiger partial charge >= 0.3 is 0 Å². The lowest BCUT2D eigenvalue weighted by Crippen LogP contribution is -2.48. The molecule has 0 aromatic heterocycles. The fraction of sp³-hybridized carbons (Fsp3) is 0.263. The highest BCUT2D eigenvalue weighted by atomic mass is 127. The molecular formula is C19H19Cl2IN2O3. The number of rotatable bonds is 7. The normalized spacial score (nSPS) is 11.6. The standard InChI is InChI=1S/C19H19Cl2IN2O3/c1-12(19(26)23-2)24(10-15-16(20)4-3-5-17(15)21)18(25)11-27-14-8-6-13(22)7-9-14/h3-9,12H,10-11H2,1-2H3,(H,23,26)/t12-/m0/s1. The molecule has 0 radical (unpaired) electrons. The van der Waals surface area contributed by atoms with Crippen LogP contribution in [0.2, 0.25) is 10.0 Å². The molecule has 0 heterocycles. The molecule has 27 heavy (non-hydrogen) atoms. The van der Waals surface area contributed by atoms with Crippen molar-refractivity contribution in [3.8, 4) is 5.75 Å². The molecule has 0 aliphatic carbocycles. The first kappa shape index (κ1) is 21.8. The van der Waals surface area contributed by atoms with Crippen LogP contribution in [-0.4, -0.2) is 36.4 Å². The van der Waals surface area contributed by atoms with Crippen molar-refractivity contribution in [1.82, 2.24) is 10.2 Å². The summed E-state index contributed by atoms with van der Waals surface area (Å²) in [7, 11) is 1.52. The Kier molecular flexibility index (Phi) is 8.19. The SMILES string of the molecule is CNC(=O)[C@H](C)N(Cc1c(Cl)cccc1Cl)C(=O)COc1ccc(I)cc1. The van der Waals surface area contributed by atoms with Crippen molar-refractivity contribution in [2.75, 3.05) is 13.7 Å². The van der Waals surface area contributed by atoms with E-state index in [4.69, 9.17) is 27.9 Å². The van der Waals surface area contributed by atoms with Gasteiger partial charge in [-0.05, 0) is 65.9 Å². The van der Waals surface area contributed by atoms with Gasteiger partial charge in [0.05, 0.1) is 0 Å². The summed E-state index contributed by atoms with van der Waals surface area (Å²) in [5.74, 6) is -0.0616. The molecule has 1 N–H and O–H groups in total. The van der Waals surface area contributed by atoms with Crippen molar-refractivity contribution in [2.24, 2.45) is 0 Å². The third kappa shape index (κ3) is 5.99. The van der Waals surface area contributed by atoms with Gasteiger partial charge in [-0.25, -0.2) is 0 Å². The first-order valence-electron chi connectivity index (χ1n) is 8.15. The molecule has 2 rings (SSSR count). The van der Waals surface area contributed by atoms with Crippen LogP contribution in [0.25, 0.3) is 0 Å². The summed E-state index contributed by atoms with van der Waals surface area (Å²) in [4.78, 5) is 26.3. The second kappa shape index (κ2) is 10.1. The highest BCUT2D eigenvalue weighted by Gasteiger charge is 2.27. The zero-order valence-electron chi connectivity index (χ0n) is 14.8. The number of hydrogen-bond acceptors (Lipinski definition) is 3. The van der Waals surface area contributed by atoms with E-state index in [1.54, 1.807) is 37.3 Å². The molecule has 0 saturated heterocycles. The smallest absolute Gasteiger partial charge is 0.261 e. The van der Waals surface area contributed by atoms with Crippen molar-refractivity contribution in [3.63, 3.8) is 0 Å². The quantitative estimate of drug-likeness (QED) is 0.558. The highest BCUT2D eigenvalue weighted by molar-refractivity contribution is 14.1. The molecule has 0 aliphatic heterocycles. The van der Waals surface area contributed by atoms with Crippen LogP contribution in [0.3, 0.4) is 0 Å². The minimum absolute atomic E-state index is 0.0992. The van der Waals surface area contributed by atoms with Crippen LogP contribution in [0.5, 0.6) is 5.75 Å². The Morgan fingerprint density at radius 3 is 2.30 bits per heavy atom. The lowest BCUT2D eigenvalue weighted by Gasteiger charge is -2.29. The molecule has 0 fully saturated rings. The predicted octanol–water partition coefficient (Wildman–Crippen LogP) is 4.14. The number of carbonyl (C=O) groups is 2. The number of carbonyl (C=O) groups excluding carboxylic acids is 2. The van der Waals surface area contributed by atoms with E-state index in [0.29, 0.717) is 21.4 Å². The number of hydrogen-bond donors (Lipinski definition) is 1. The van der Waals surface area contributed by atoms with E-state index in [0.717, 1.165) is 3.57 Å². The van der Waals surface area contributed by atoms with Crippen LogP contribution in [0.15, 0.2) is 42.5 Å². The molecule has 2 aromatic rings. The Labute approximate surface area is 182 Å². The maximum Gasteiger partial charge on any atom is 0.261 e. The Morgan fingerprint density at radius 1 is 1.15 bits per heavy atom. The number of halogens is 3. The first-order valence-corrected chi connectivity index (χ1v) is 9.99. The molecule has 0 spiro atoms. The van der Waals surface area contributed by atoms with Crippen LogP contribution >= 0.6 is 45.8 Å². The third-order valence-corrected chi connectivity index (χ3v) is 5.41. The lowest BCUT2D eigenvalue weighted by molar-refractivity contribution is -0.142. The summed E-state index contributed by atoms with van der Waals surface area (Å²) in [6.07, 6.45) is 0. The lowest BCUT2D eigenvalue weighted by atomic mass is 10.1. The van der Waals surface area contributed by atoms with Crippen molar-refractivity contribution in [2.45, 2.75) is 19.5 Å². The maximum atomic E-state index is 12.8. The molecule has 0 bridgehead atoms. The van der Waals surface area contributed by atoms with Crippen LogP contribution in [-0.2, 0) is 16.1 Å². The van der Waals surface area contributed by atoms with E-state index in [1.807, 2.05) is 12.1 Å².